The summed E-state index contributed by atoms with van der Waals surface area (Å²) < 4.78 is 27.5. The van der Waals surface area contributed by atoms with Crippen LogP contribution < -0.4 is 5.32 Å². The highest BCUT2D eigenvalue weighted by Gasteiger charge is 2.16. The zero-order valence-corrected chi connectivity index (χ0v) is 12.2. The fourth-order valence-corrected chi connectivity index (χ4v) is 2.22. The van der Waals surface area contributed by atoms with E-state index in [-0.39, 0.29) is 11.6 Å². The van der Waals surface area contributed by atoms with Crippen LogP contribution in [0.5, 0.6) is 0 Å². The molecule has 0 saturated heterocycles. The van der Waals surface area contributed by atoms with Crippen LogP contribution in [-0.4, -0.2) is 5.91 Å². The van der Waals surface area contributed by atoms with Crippen molar-refractivity contribution in [3.8, 4) is 0 Å². The van der Waals surface area contributed by atoms with E-state index in [1.54, 1.807) is 6.92 Å². The predicted molar refractivity (Wildman–Crippen MR) is 76.4 cm³/mol. The number of nitrogens with one attached hydrogen (secondary N) is 1. The number of amides is 1. The topological polar surface area (TPSA) is 29.1 Å². The van der Waals surface area contributed by atoms with Crippen LogP contribution in [0.2, 0.25) is 0 Å². The third kappa shape index (κ3) is 3.42. The van der Waals surface area contributed by atoms with Gasteiger partial charge in [-0.25, -0.2) is 8.78 Å². The van der Waals surface area contributed by atoms with Crippen LogP contribution in [-0.2, 0) is 0 Å². The average molecular weight is 340 g/mol. The predicted octanol–water partition coefficient (Wildman–Crippen LogP) is 4.22. The van der Waals surface area contributed by atoms with Gasteiger partial charge in [0.25, 0.3) is 5.91 Å². The SMILES string of the molecule is C[C@H](NC(=O)c1cc(F)ccc1F)c1cccc(Br)c1. The average Bonchev–Trinajstić information content (AvgIpc) is 2.41. The number of benzene rings is 2. The van der Waals surface area contributed by atoms with Gasteiger partial charge in [-0.1, -0.05) is 28.1 Å². The van der Waals surface area contributed by atoms with Gasteiger partial charge in [0.15, 0.2) is 0 Å². The Labute approximate surface area is 123 Å². The maximum atomic E-state index is 13.5. The van der Waals surface area contributed by atoms with Crippen LogP contribution in [0.15, 0.2) is 46.9 Å². The number of carbonyl (C=O) groups is 1. The van der Waals surface area contributed by atoms with Gasteiger partial charge in [-0.15, -0.1) is 0 Å². The van der Waals surface area contributed by atoms with E-state index in [0.29, 0.717) is 0 Å². The summed E-state index contributed by atoms with van der Waals surface area (Å²) in [5, 5.41) is 2.64. The first-order chi connectivity index (χ1) is 9.47. The van der Waals surface area contributed by atoms with Crippen molar-refractivity contribution in [3.05, 3.63) is 69.7 Å². The molecule has 0 bridgehead atoms. The molecule has 0 saturated carbocycles. The molecule has 20 heavy (non-hydrogen) atoms. The normalized spacial score (nSPS) is 12.0. The third-order valence-corrected chi connectivity index (χ3v) is 3.36. The maximum Gasteiger partial charge on any atom is 0.254 e. The Balaban J connectivity index is 2.17. The molecule has 0 heterocycles. The molecule has 2 aromatic carbocycles. The van der Waals surface area contributed by atoms with Gasteiger partial charge >= 0.3 is 0 Å². The summed E-state index contributed by atoms with van der Waals surface area (Å²) in [4.78, 5) is 12.0. The molecule has 0 radical (unpaired) electrons. The molecule has 0 spiro atoms. The van der Waals surface area contributed by atoms with Crippen LogP contribution in [0.3, 0.4) is 0 Å². The summed E-state index contributed by atoms with van der Waals surface area (Å²) in [6, 6.07) is 9.89. The molecule has 0 aliphatic carbocycles. The third-order valence-electron chi connectivity index (χ3n) is 2.87. The fourth-order valence-electron chi connectivity index (χ4n) is 1.81. The van der Waals surface area contributed by atoms with Gasteiger partial charge < -0.3 is 5.32 Å². The highest BCUT2D eigenvalue weighted by Crippen LogP contribution is 2.19. The summed E-state index contributed by atoms with van der Waals surface area (Å²) in [5.74, 6) is -2.04. The Kier molecular flexibility index (Phi) is 4.49. The maximum absolute atomic E-state index is 13.5. The monoisotopic (exact) mass is 339 g/mol. The summed E-state index contributed by atoms with van der Waals surface area (Å²) in [5.41, 5.74) is 0.566. The van der Waals surface area contributed by atoms with Crippen molar-refractivity contribution in [2.75, 3.05) is 0 Å². The minimum atomic E-state index is -0.745. The number of rotatable bonds is 3. The van der Waals surface area contributed by atoms with E-state index in [4.69, 9.17) is 0 Å². The highest BCUT2D eigenvalue weighted by atomic mass is 79.9. The highest BCUT2D eigenvalue weighted by molar-refractivity contribution is 9.10. The molecule has 2 nitrogen and oxygen atoms in total. The Morgan fingerprint density at radius 1 is 1.20 bits per heavy atom. The van der Waals surface area contributed by atoms with Crippen molar-refractivity contribution >= 4 is 21.8 Å². The minimum Gasteiger partial charge on any atom is -0.345 e. The minimum absolute atomic E-state index is 0.299. The van der Waals surface area contributed by atoms with Gasteiger partial charge in [0.2, 0.25) is 0 Å². The first-order valence-corrected chi connectivity index (χ1v) is 6.78. The number of hydrogen-bond donors (Lipinski definition) is 1. The number of hydrogen-bond acceptors (Lipinski definition) is 1. The van der Waals surface area contributed by atoms with Gasteiger partial charge in [-0.3, -0.25) is 4.79 Å². The van der Waals surface area contributed by atoms with E-state index in [2.05, 4.69) is 21.2 Å². The first kappa shape index (κ1) is 14.7. The summed E-state index contributed by atoms with van der Waals surface area (Å²) in [7, 11) is 0. The van der Waals surface area contributed by atoms with Crippen molar-refractivity contribution in [1.82, 2.24) is 5.32 Å². The van der Waals surface area contributed by atoms with E-state index in [1.165, 1.54) is 0 Å². The smallest absolute Gasteiger partial charge is 0.254 e. The Bertz CT molecular complexity index is 646. The van der Waals surface area contributed by atoms with Crippen LogP contribution in [0, 0.1) is 11.6 Å². The molecule has 2 rings (SSSR count). The van der Waals surface area contributed by atoms with Crippen LogP contribution in [0.25, 0.3) is 0 Å². The number of halogens is 3. The lowest BCUT2D eigenvalue weighted by atomic mass is 10.1. The van der Waals surface area contributed by atoms with Crippen LogP contribution >= 0.6 is 15.9 Å². The molecule has 1 atom stereocenters. The standard InChI is InChI=1S/C15H12BrF2NO/c1-9(10-3-2-4-11(16)7-10)19-15(20)13-8-12(17)5-6-14(13)18/h2-9H,1H3,(H,19,20)/t9-/m0/s1. The molecule has 0 aliphatic rings. The van der Waals surface area contributed by atoms with E-state index in [9.17, 15) is 13.6 Å². The van der Waals surface area contributed by atoms with Crippen LogP contribution in [0.1, 0.15) is 28.9 Å². The second-order valence-electron chi connectivity index (χ2n) is 4.37. The first-order valence-electron chi connectivity index (χ1n) is 5.99. The summed E-state index contributed by atoms with van der Waals surface area (Å²) in [6.45, 7) is 1.77. The molecular formula is C15H12BrF2NO. The Morgan fingerprint density at radius 3 is 2.65 bits per heavy atom. The second-order valence-corrected chi connectivity index (χ2v) is 5.29. The van der Waals surface area contributed by atoms with Gasteiger partial charge in [-0.2, -0.15) is 0 Å². The largest absolute Gasteiger partial charge is 0.345 e. The molecule has 0 unspecified atom stereocenters. The van der Waals surface area contributed by atoms with Crippen LogP contribution in [0.4, 0.5) is 8.78 Å². The van der Waals surface area contributed by atoms with Gasteiger partial charge in [0.1, 0.15) is 11.6 Å². The lowest BCUT2D eigenvalue weighted by molar-refractivity contribution is 0.0935. The molecule has 1 amide bonds. The lowest BCUT2D eigenvalue weighted by Crippen LogP contribution is -2.27. The van der Waals surface area contributed by atoms with Crippen molar-refractivity contribution in [2.45, 2.75) is 13.0 Å². The van der Waals surface area contributed by atoms with Crippen molar-refractivity contribution in [3.63, 3.8) is 0 Å². The van der Waals surface area contributed by atoms with Crippen molar-refractivity contribution in [1.29, 1.82) is 0 Å². The molecule has 0 fully saturated rings. The second kappa shape index (κ2) is 6.13. The molecule has 104 valence electrons. The van der Waals surface area contributed by atoms with Gasteiger partial charge in [0, 0.05) is 4.47 Å². The van der Waals surface area contributed by atoms with E-state index in [0.717, 1.165) is 28.2 Å². The van der Waals surface area contributed by atoms with Crippen molar-refractivity contribution < 1.29 is 13.6 Å². The van der Waals surface area contributed by atoms with E-state index < -0.39 is 17.5 Å². The fraction of sp³-hybridized carbons (Fsp3) is 0.133. The quantitative estimate of drug-likeness (QED) is 0.891. The summed E-state index contributed by atoms with van der Waals surface area (Å²) >= 11 is 3.34. The van der Waals surface area contributed by atoms with Crippen molar-refractivity contribution in [2.24, 2.45) is 0 Å². The summed E-state index contributed by atoms with van der Waals surface area (Å²) in [6.07, 6.45) is 0. The molecule has 0 aromatic heterocycles. The number of carbonyl (C=O) groups excluding carboxylic acids is 1. The Hall–Kier alpha value is -1.75. The molecule has 5 heteroatoms. The molecule has 2 aromatic rings. The Morgan fingerprint density at radius 2 is 1.95 bits per heavy atom. The van der Waals surface area contributed by atoms with E-state index >= 15 is 0 Å². The zero-order valence-electron chi connectivity index (χ0n) is 10.7. The molecular weight excluding hydrogens is 328 g/mol. The zero-order chi connectivity index (χ0) is 14.7. The lowest BCUT2D eigenvalue weighted by Gasteiger charge is -2.15. The van der Waals surface area contributed by atoms with Gasteiger partial charge in [-0.05, 0) is 42.8 Å². The van der Waals surface area contributed by atoms with E-state index in [1.807, 2.05) is 24.3 Å². The molecule has 1 N–H and O–H groups in total. The van der Waals surface area contributed by atoms with Gasteiger partial charge in [0.05, 0.1) is 11.6 Å². The molecule has 0 aliphatic heterocycles.